The second kappa shape index (κ2) is 6.53. The summed E-state index contributed by atoms with van der Waals surface area (Å²) in [5.74, 6) is 0.836. The number of rotatable bonds is 6. The minimum Gasteiger partial charge on any atom is -0.301 e. The lowest BCUT2D eigenvalue weighted by Gasteiger charge is -2.27. The Balaban J connectivity index is 3.67. The maximum atomic E-state index is 2.57. The molecule has 2 unspecified atom stereocenters. The quantitative estimate of drug-likeness (QED) is 0.549. The molecule has 0 bridgehead atoms. The minimum absolute atomic E-state index is 0.758. The molecule has 0 saturated carbocycles. The van der Waals surface area contributed by atoms with Gasteiger partial charge in [0.05, 0.1) is 0 Å². The van der Waals surface area contributed by atoms with Crippen LogP contribution < -0.4 is 0 Å². The van der Waals surface area contributed by atoms with Gasteiger partial charge in [-0.25, -0.2) is 0 Å². The summed E-state index contributed by atoms with van der Waals surface area (Å²) >= 11 is 0. The van der Waals surface area contributed by atoms with Gasteiger partial charge in [0.2, 0.25) is 0 Å². The zero-order valence-corrected chi connectivity index (χ0v) is 9.43. The van der Waals surface area contributed by atoms with E-state index in [0.717, 1.165) is 11.9 Å². The van der Waals surface area contributed by atoms with Crippen LogP contribution in [0.4, 0.5) is 0 Å². The molecule has 0 heterocycles. The van der Waals surface area contributed by atoms with Crippen molar-refractivity contribution in [3.05, 3.63) is 0 Å². The molecule has 0 aliphatic heterocycles. The second-order valence-corrected chi connectivity index (χ2v) is 4.07. The predicted octanol–water partition coefficient (Wildman–Crippen LogP) is 1.94. The fourth-order valence-corrected chi connectivity index (χ4v) is 1.37. The van der Waals surface area contributed by atoms with Crippen LogP contribution in [-0.4, -0.2) is 31.9 Å². The van der Waals surface area contributed by atoms with Crippen molar-refractivity contribution in [2.24, 2.45) is 0 Å². The maximum Gasteiger partial charge on any atom is 0.105 e. The minimum atomic E-state index is 0.758. The third kappa shape index (κ3) is 4.81. The van der Waals surface area contributed by atoms with Gasteiger partial charge in [0.15, 0.2) is 0 Å². The lowest BCUT2D eigenvalue weighted by Crippen LogP contribution is -2.33. The van der Waals surface area contributed by atoms with Crippen LogP contribution in [0, 0.1) is 0 Å². The Morgan fingerprint density at radius 3 is 2.17 bits per heavy atom. The van der Waals surface area contributed by atoms with Crippen molar-refractivity contribution in [1.29, 1.82) is 0 Å². The molecule has 0 aliphatic rings. The van der Waals surface area contributed by atoms with E-state index in [-0.39, 0.29) is 0 Å². The van der Waals surface area contributed by atoms with Gasteiger partial charge in [-0.05, 0) is 32.9 Å². The molecule has 0 spiro atoms. The van der Waals surface area contributed by atoms with E-state index < -0.39 is 0 Å². The van der Waals surface area contributed by atoms with Crippen LogP contribution in [-0.2, 0) is 0 Å². The Hall–Kier alpha value is 0.0249. The molecule has 2 atom stereocenters. The number of hydrogen-bond acceptors (Lipinski definition) is 1. The lowest BCUT2D eigenvalue weighted by atomic mass is 9.86. The van der Waals surface area contributed by atoms with Gasteiger partial charge in [-0.3, -0.25) is 0 Å². The van der Waals surface area contributed by atoms with Gasteiger partial charge >= 0.3 is 0 Å². The van der Waals surface area contributed by atoms with Gasteiger partial charge in [-0.1, -0.05) is 26.6 Å². The summed E-state index contributed by atoms with van der Waals surface area (Å²) < 4.78 is 0. The van der Waals surface area contributed by atoms with Crippen LogP contribution in [0.15, 0.2) is 0 Å². The Morgan fingerprint density at radius 1 is 1.25 bits per heavy atom. The van der Waals surface area contributed by atoms with Crippen molar-refractivity contribution in [2.45, 2.75) is 52.4 Å². The first kappa shape index (κ1) is 12.0. The third-order valence-corrected chi connectivity index (χ3v) is 2.61. The summed E-state index contributed by atoms with van der Waals surface area (Å²) in [6.07, 6.45) is 2.60. The van der Waals surface area contributed by atoms with Crippen LogP contribution >= 0.6 is 0 Å². The number of nitrogens with zero attached hydrogens (tertiary/aromatic N) is 1. The van der Waals surface area contributed by atoms with E-state index in [1.807, 2.05) is 0 Å². The average Bonchev–Trinajstić information content (AvgIpc) is 2.04. The van der Waals surface area contributed by atoms with E-state index in [0.29, 0.717) is 0 Å². The molecule has 0 aliphatic carbocycles. The summed E-state index contributed by atoms with van der Waals surface area (Å²) in [5, 5.41) is 0. The molecule has 0 rings (SSSR count). The molecule has 0 N–H and O–H groups in total. The average molecular weight is 169 g/mol. The van der Waals surface area contributed by atoms with Crippen LogP contribution in [0.1, 0.15) is 40.5 Å². The van der Waals surface area contributed by atoms with Gasteiger partial charge in [0.25, 0.3) is 0 Å². The summed E-state index contributed by atoms with van der Waals surface area (Å²) in [5.41, 5.74) is 0. The topological polar surface area (TPSA) is 3.24 Å². The molecular weight excluding hydrogens is 145 g/mol. The van der Waals surface area contributed by atoms with E-state index in [4.69, 9.17) is 0 Å². The standard InChI is InChI=1S/C10H24BN/c1-5-10(4)12(6-2)8-7-9(3)11/h9-10H,5-8,11H2,1-4H3. The zero-order valence-electron chi connectivity index (χ0n) is 9.43. The highest BCUT2D eigenvalue weighted by molar-refractivity contribution is 6.11. The zero-order chi connectivity index (χ0) is 9.56. The first-order valence-electron chi connectivity index (χ1n) is 5.35. The largest absolute Gasteiger partial charge is 0.301 e. The molecule has 0 saturated heterocycles. The highest BCUT2D eigenvalue weighted by Gasteiger charge is 2.09. The Morgan fingerprint density at radius 2 is 1.83 bits per heavy atom. The van der Waals surface area contributed by atoms with Gasteiger partial charge in [0, 0.05) is 6.04 Å². The molecule has 0 fully saturated rings. The fraction of sp³-hybridized carbons (Fsp3) is 1.00. The molecule has 0 amide bonds. The maximum absolute atomic E-state index is 2.57. The van der Waals surface area contributed by atoms with Crippen molar-refractivity contribution >= 4 is 7.85 Å². The van der Waals surface area contributed by atoms with E-state index in [1.165, 1.54) is 25.9 Å². The molecule has 0 aromatic rings. The number of hydrogen-bond donors (Lipinski definition) is 0. The lowest BCUT2D eigenvalue weighted by molar-refractivity contribution is 0.212. The van der Waals surface area contributed by atoms with Crippen LogP contribution in [0.5, 0.6) is 0 Å². The van der Waals surface area contributed by atoms with Gasteiger partial charge < -0.3 is 4.90 Å². The van der Waals surface area contributed by atoms with Crippen LogP contribution in [0.25, 0.3) is 0 Å². The molecule has 0 aromatic carbocycles. The molecule has 72 valence electrons. The van der Waals surface area contributed by atoms with E-state index >= 15 is 0 Å². The van der Waals surface area contributed by atoms with E-state index in [9.17, 15) is 0 Å². The first-order valence-corrected chi connectivity index (χ1v) is 5.35. The second-order valence-electron chi connectivity index (χ2n) is 4.07. The Kier molecular flexibility index (Phi) is 6.54. The fourth-order valence-electron chi connectivity index (χ4n) is 1.37. The smallest absolute Gasteiger partial charge is 0.105 e. The van der Waals surface area contributed by atoms with Crippen molar-refractivity contribution in [3.63, 3.8) is 0 Å². The highest BCUT2D eigenvalue weighted by atomic mass is 15.1. The van der Waals surface area contributed by atoms with Crippen molar-refractivity contribution < 1.29 is 0 Å². The molecule has 0 aromatic heterocycles. The monoisotopic (exact) mass is 169 g/mol. The Bertz CT molecular complexity index is 104. The van der Waals surface area contributed by atoms with E-state index in [2.05, 4.69) is 40.4 Å². The van der Waals surface area contributed by atoms with Gasteiger partial charge in [-0.2, -0.15) is 0 Å². The summed E-state index contributed by atoms with van der Waals surface area (Å²) in [4.78, 5) is 2.57. The molecule has 1 nitrogen and oxygen atoms in total. The van der Waals surface area contributed by atoms with Gasteiger partial charge in [0.1, 0.15) is 7.85 Å². The summed E-state index contributed by atoms with van der Waals surface area (Å²) in [7, 11) is 2.30. The molecule has 2 heteroatoms. The van der Waals surface area contributed by atoms with Gasteiger partial charge in [-0.15, -0.1) is 0 Å². The summed E-state index contributed by atoms with van der Waals surface area (Å²) in [6.45, 7) is 11.6. The normalized spacial score (nSPS) is 16.4. The molecule has 12 heavy (non-hydrogen) atoms. The predicted molar refractivity (Wildman–Crippen MR) is 59.6 cm³/mol. The highest BCUT2D eigenvalue weighted by Crippen LogP contribution is 2.08. The van der Waals surface area contributed by atoms with E-state index in [1.54, 1.807) is 0 Å². The van der Waals surface area contributed by atoms with Crippen molar-refractivity contribution in [3.8, 4) is 0 Å². The van der Waals surface area contributed by atoms with Crippen molar-refractivity contribution in [2.75, 3.05) is 13.1 Å². The first-order chi connectivity index (χ1) is 5.61. The van der Waals surface area contributed by atoms with Crippen LogP contribution in [0.2, 0.25) is 5.82 Å². The van der Waals surface area contributed by atoms with Crippen molar-refractivity contribution in [1.82, 2.24) is 4.90 Å². The SMILES string of the molecule is BC(C)CCN(CC)C(C)CC. The summed E-state index contributed by atoms with van der Waals surface area (Å²) in [6, 6.07) is 0.758. The van der Waals surface area contributed by atoms with Crippen LogP contribution in [0.3, 0.4) is 0 Å². The molecular formula is C10H24BN. The third-order valence-electron chi connectivity index (χ3n) is 2.61. The Labute approximate surface area is 78.9 Å². The molecule has 0 radical (unpaired) electrons.